The molecule has 1 heterocycles. The Bertz CT molecular complexity index is 694. The number of halogens is 1. The second-order valence-electron chi connectivity index (χ2n) is 4.48. The summed E-state index contributed by atoms with van der Waals surface area (Å²) in [5.74, 6) is -0.322. The van der Waals surface area contributed by atoms with Gasteiger partial charge in [0.25, 0.3) is 0 Å². The predicted molar refractivity (Wildman–Crippen MR) is 86.7 cm³/mol. The molecule has 0 aliphatic heterocycles. The van der Waals surface area contributed by atoms with Crippen molar-refractivity contribution in [1.29, 1.82) is 0 Å². The highest BCUT2D eigenvalue weighted by atomic mass is 79.9. The number of ether oxygens (including phenoxy) is 1. The Morgan fingerprint density at radius 2 is 2.24 bits per heavy atom. The number of carboxylic acids is 1. The smallest absolute Gasteiger partial charge is 0.328 e. The molecule has 2 rings (SSSR count). The van der Waals surface area contributed by atoms with Gasteiger partial charge in [-0.3, -0.25) is 0 Å². The Morgan fingerprint density at radius 3 is 2.86 bits per heavy atom. The minimum absolute atomic E-state index is 0.370. The van der Waals surface area contributed by atoms with E-state index in [9.17, 15) is 4.79 Å². The Labute approximate surface area is 135 Å². The van der Waals surface area contributed by atoms with E-state index < -0.39 is 5.97 Å². The minimum Gasteiger partial charge on any atom is -0.486 e. The van der Waals surface area contributed by atoms with Crippen LogP contribution in [0.25, 0.3) is 6.08 Å². The van der Waals surface area contributed by atoms with Crippen molar-refractivity contribution >= 4 is 39.3 Å². The Morgan fingerprint density at radius 1 is 1.48 bits per heavy atom. The Kier molecular flexibility index (Phi) is 5.14. The number of hydrogen-bond donors (Lipinski definition) is 1. The molecule has 1 aromatic carbocycles. The Balaban J connectivity index is 2.26. The van der Waals surface area contributed by atoms with E-state index in [0.717, 1.165) is 32.4 Å². The topological polar surface area (TPSA) is 59.4 Å². The van der Waals surface area contributed by atoms with Crippen LogP contribution in [0.3, 0.4) is 0 Å². The lowest BCUT2D eigenvalue weighted by Crippen LogP contribution is -1.99. The monoisotopic (exact) mass is 367 g/mol. The SMILES string of the molecule is Cc1csc(COc2c(C)cc(Br)cc2/C=C/C(=O)O)n1. The minimum atomic E-state index is -0.992. The molecule has 0 aliphatic rings. The average molecular weight is 368 g/mol. The molecule has 4 nitrogen and oxygen atoms in total. The number of benzene rings is 1. The molecule has 2 aromatic rings. The zero-order valence-electron chi connectivity index (χ0n) is 11.6. The van der Waals surface area contributed by atoms with E-state index in [0.29, 0.717) is 12.4 Å². The van der Waals surface area contributed by atoms with E-state index in [1.54, 1.807) is 11.3 Å². The summed E-state index contributed by atoms with van der Waals surface area (Å²) >= 11 is 4.95. The molecule has 110 valence electrons. The van der Waals surface area contributed by atoms with Gasteiger partial charge in [0.2, 0.25) is 0 Å². The maximum atomic E-state index is 10.7. The fourth-order valence-electron chi connectivity index (χ4n) is 1.84. The summed E-state index contributed by atoms with van der Waals surface area (Å²) in [6.07, 6.45) is 2.63. The number of nitrogens with zero attached hydrogens (tertiary/aromatic N) is 1. The molecule has 1 aromatic heterocycles. The van der Waals surface area contributed by atoms with Gasteiger partial charge in [-0.1, -0.05) is 15.9 Å². The van der Waals surface area contributed by atoms with Gasteiger partial charge in [0, 0.05) is 27.2 Å². The number of aryl methyl sites for hydroxylation is 2. The van der Waals surface area contributed by atoms with Crippen LogP contribution in [-0.2, 0) is 11.4 Å². The van der Waals surface area contributed by atoms with Gasteiger partial charge in [-0.2, -0.15) is 0 Å². The molecule has 0 saturated carbocycles. The van der Waals surface area contributed by atoms with Crippen LogP contribution in [0.15, 0.2) is 28.1 Å². The number of thiazole rings is 1. The van der Waals surface area contributed by atoms with Crippen molar-refractivity contribution in [3.05, 3.63) is 49.9 Å². The third-order valence-corrected chi connectivity index (χ3v) is 4.08. The van der Waals surface area contributed by atoms with Crippen molar-refractivity contribution in [3.63, 3.8) is 0 Å². The first-order valence-corrected chi connectivity index (χ1v) is 7.88. The van der Waals surface area contributed by atoms with E-state index in [2.05, 4.69) is 20.9 Å². The maximum absolute atomic E-state index is 10.7. The van der Waals surface area contributed by atoms with Gasteiger partial charge in [0.1, 0.15) is 17.4 Å². The molecule has 0 fully saturated rings. The van der Waals surface area contributed by atoms with Gasteiger partial charge >= 0.3 is 5.97 Å². The summed E-state index contributed by atoms with van der Waals surface area (Å²) in [5, 5.41) is 11.6. The summed E-state index contributed by atoms with van der Waals surface area (Å²) in [6, 6.07) is 3.76. The lowest BCUT2D eigenvalue weighted by molar-refractivity contribution is -0.131. The summed E-state index contributed by atoms with van der Waals surface area (Å²) in [4.78, 5) is 15.0. The summed E-state index contributed by atoms with van der Waals surface area (Å²) in [6.45, 7) is 4.23. The van der Waals surface area contributed by atoms with Crippen LogP contribution < -0.4 is 4.74 Å². The van der Waals surface area contributed by atoms with Gasteiger partial charge in [0.05, 0.1) is 0 Å². The van der Waals surface area contributed by atoms with Gasteiger partial charge in [-0.25, -0.2) is 9.78 Å². The number of aliphatic carboxylic acids is 1. The first kappa shape index (κ1) is 15.7. The number of hydrogen-bond acceptors (Lipinski definition) is 4. The number of aromatic nitrogens is 1. The highest BCUT2D eigenvalue weighted by molar-refractivity contribution is 9.10. The molecule has 0 spiro atoms. The molecule has 0 aliphatic carbocycles. The van der Waals surface area contributed by atoms with E-state index in [-0.39, 0.29) is 0 Å². The molecule has 1 N–H and O–H groups in total. The van der Waals surface area contributed by atoms with Crippen molar-refractivity contribution in [2.24, 2.45) is 0 Å². The standard InChI is InChI=1S/C15H14BrNO3S/c1-9-5-12(16)6-11(3-4-14(18)19)15(9)20-7-13-17-10(2)8-21-13/h3-6,8H,7H2,1-2H3,(H,18,19)/b4-3+. The lowest BCUT2D eigenvalue weighted by Gasteiger charge is -2.12. The zero-order chi connectivity index (χ0) is 15.4. The fraction of sp³-hybridized carbons (Fsp3) is 0.200. The molecule has 0 radical (unpaired) electrons. The molecule has 0 saturated heterocycles. The third kappa shape index (κ3) is 4.41. The number of rotatable bonds is 5. The van der Waals surface area contributed by atoms with Crippen LogP contribution in [0.5, 0.6) is 5.75 Å². The van der Waals surface area contributed by atoms with Crippen LogP contribution in [0.4, 0.5) is 0 Å². The molecular formula is C15H14BrNO3S. The van der Waals surface area contributed by atoms with E-state index in [1.165, 1.54) is 6.08 Å². The van der Waals surface area contributed by atoms with Crippen LogP contribution in [0.2, 0.25) is 0 Å². The molecule has 6 heteroatoms. The van der Waals surface area contributed by atoms with E-state index in [1.807, 2.05) is 31.4 Å². The predicted octanol–water partition coefficient (Wildman–Crippen LogP) is 4.20. The molecule has 21 heavy (non-hydrogen) atoms. The van der Waals surface area contributed by atoms with Crippen LogP contribution in [0.1, 0.15) is 21.8 Å². The molecular weight excluding hydrogens is 354 g/mol. The number of carbonyl (C=O) groups is 1. The quantitative estimate of drug-likeness (QED) is 0.804. The fourth-order valence-corrected chi connectivity index (χ4v) is 3.11. The largest absolute Gasteiger partial charge is 0.486 e. The van der Waals surface area contributed by atoms with Crippen LogP contribution in [0, 0.1) is 13.8 Å². The zero-order valence-corrected chi connectivity index (χ0v) is 14.0. The normalized spacial score (nSPS) is 11.0. The van der Waals surface area contributed by atoms with E-state index in [4.69, 9.17) is 9.84 Å². The van der Waals surface area contributed by atoms with Gasteiger partial charge in [-0.05, 0) is 37.6 Å². The third-order valence-electron chi connectivity index (χ3n) is 2.68. The lowest BCUT2D eigenvalue weighted by atomic mass is 10.1. The van der Waals surface area contributed by atoms with Crippen LogP contribution >= 0.6 is 27.3 Å². The van der Waals surface area contributed by atoms with Crippen molar-refractivity contribution in [2.75, 3.05) is 0 Å². The first-order valence-electron chi connectivity index (χ1n) is 6.20. The second kappa shape index (κ2) is 6.87. The maximum Gasteiger partial charge on any atom is 0.328 e. The highest BCUT2D eigenvalue weighted by Crippen LogP contribution is 2.30. The van der Waals surface area contributed by atoms with Gasteiger partial charge in [0.15, 0.2) is 0 Å². The summed E-state index contributed by atoms with van der Waals surface area (Å²) < 4.78 is 6.71. The molecule has 0 atom stereocenters. The molecule has 0 amide bonds. The van der Waals surface area contributed by atoms with Crippen LogP contribution in [-0.4, -0.2) is 16.1 Å². The van der Waals surface area contributed by atoms with Crippen molar-refractivity contribution in [3.8, 4) is 5.75 Å². The van der Waals surface area contributed by atoms with Gasteiger partial charge < -0.3 is 9.84 Å². The molecule has 0 unspecified atom stereocenters. The number of carboxylic acid groups (broad SMARTS) is 1. The summed E-state index contributed by atoms with van der Waals surface area (Å²) in [7, 11) is 0. The van der Waals surface area contributed by atoms with Crippen molar-refractivity contribution in [1.82, 2.24) is 4.98 Å². The average Bonchev–Trinajstić information content (AvgIpc) is 2.80. The van der Waals surface area contributed by atoms with Crippen molar-refractivity contribution in [2.45, 2.75) is 20.5 Å². The first-order chi connectivity index (χ1) is 9.95. The highest BCUT2D eigenvalue weighted by Gasteiger charge is 2.09. The molecule has 0 bridgehead atoms. The summed E-state index contributed by atoms with van der Waals surface area (Å²) in [5.41, 5.74) is 2.62. The Hall–Kier alpha value is -1.66. The van der Waals surface area contributed by atoms with Gasteiger partial charge in [-0.15, -0.1) is 11.3 Å². The second-order valence-corrected chi connectivity index (χ2v) is 6.34. The van der Waals surface area contributed by atoms with E-state index >= 15 is 0 Å². The van der Waals surface area contributed by atoms with Crippen molar-refractivity contribution < 1.29 is 14.6 Å².